The van der Waals surface area contributed by atoms with Crippen LogP contribution in [0.25, 0.3) is 0 Å². The summed E-state index contributed by atoms with van der Waals surface area (Å²) in [7, 11) is 4.01. The van der Waals surface area contributed by atoms with E-state index in [2.05, 4.69) is 30.1 Å². The normalized spacial score (nSPS) is 19.0. The first kappa shape index (κ1) is 17.9. The first-order chi connectivity index (χ1) is 11.9. The number of carbonyl (C=O) groups excluding carboxylic acids is 2. The van der Waals surface area contributed by atoms with Crippen LogP contribution in [0, 0.1) is 5.92 Å². The number of piperidine rings is 1. The summed E-state index contributed by atoms with van der Waals surface area (Å²) in [5.41, 5.74) is 9.20. The summed E-state index contributed by atoms with van der Waals surface area (Å²) in [6.45, 7) is 4.46. The van der Waals surface area contributed by atoms with Crippen LogP contribution in [0.5, 0.6) is 0 Å². The van der Waals surface area contributed by atoms with Gasteiger partial charge in [0, 0.05) is 32.6 Å². The molecule has 136 valence electrons. The molecule has 1 fully saturated rings. The number of primary amides is 1. The standard InChI is InChI=1S/C19H28N4O2/c1-21-11-16-4-3-14(9-17(16)12-21)10-22(2)19(25)15-5-7-23(8-6-15)13-18(20)24/h3-4,9,15H,5-8,10-13H2,1-2H3,(H2,20,24). The quantitative estimate of drug-likeness (QED) is 0.857. The zero-order chi connectivity index (χ0) is 18.0. The van der Waals surface area contributed by atoms with E-state index in [0.717, 1.165) is 39.0 Å². The minimum atomic E-state index is -0.302. The van der Waals surface area contributed by atoms with Gasteiger partial charge in [-0.2, -0.15) is 0 Å². The zero-order valence-corrected chi connectivity index (χ0v) is 15.2. The highest BCUT2D eigenvalue weighted by Crippen LogP contribution is 2.24. The molecule has 0 bridgehead atoms. The van der Waals surface area contributed by atoms with Gasteiger partial charge in [-0.05, 0) is 49.7 Å². The Morgan fingerprint density at radius 3 is 2.56 bits per heavy atom. The van der Waals surface area contributed by atoms with Crippen molar-refractivity contribution in [1.82, 2.24) is 14.7 Å². The average Bonchev–Trinajstić information content (AvgIpc) is 2.93. The van der Waals surface area contributed by atoms with Gasteiger partial charge < -0.3 is 10.6 Å². The van der Waals surface area contributed by atoms with E-state index in [1.165, 1.54) is 16.7 Å². The summed E-state index contributed by atoms with van der Waals surface area (Å²) in [6, 6.07) is 6.56. The van der Waals surface area contributed by atoms with Gasteiger partial charge >= 0.3 is 0 Å². The number of nitrogens with two attached hydrogens (primary N) is 1. The van der Waals surface area contributed by atoms with Crippen LogP contribution < -0.4 is 5.73 Å². The number of hydrogen-bond acceptors (Lipinski definition) is 4. The van der Waals surface area contributed by atoms with Gasteiger partial charge in [-0.3, -0.25) is 19.4 Å². The summed E-state index contributed by atoms with van der Waals surface area (Å²) < 4.78 is 0. The van der Waals surface area contributed by atoms with E-state index in [4.69, 9.17) is 5.73 Å². The van der Waals surface area contributed by atoms with Crippen molar-refractivity contribution in [2.75, 3.05) is 33.7 Å². The highest BCUT2D eigenvalue weighted by Gasteiger charge is 2.27. The van der Waals surface area contributed by atoms with Crippen molar-refractivity contribution in [2.24, 2.45) is 11.7 Å². The lowest BCUT2D eigenvalue weighted by molar-refractivity contribution is -0.136. The predicted octanol–water partition coefficient (Wildman–Crippen LogP) is 0.788. The molecule has 0 radical (unpaired) electrons. The second-order valence-corrected chi connectivity index (χ2v) is 7.49. The molecule has 6 nitrogen and oxygen atoms in total. The van der Waals surface area contributed by atoms with E-state index in [0.29, 0.717) is 13.1 Å². The van der Waals surface area contributed by atoms with E-state index in [1.54, 1.807) is 0 Å². The third-order valence-corrected chi connectivity index (χ3v) is 5.26. The minimum Gasteiger partial charge on any atom is -0.369 e. The summed E-state index contributed by atoms with van der Waals surface area (Å²) in [5.74, 6) is -0.0461. The maximum absolute atomic E-state index is 12.7. The zero-order valence-electron chi connectivity index (χ0n) is 15.2. The summed E-state index contributed by atoms with van der Waals surface area (Å²) in [6.07, 6.45) is 1.59. The maximum atomic E-state index is 12.7. The molecule has 1 aromatic rings. The Kier molecular flexibility index (Phi) is 5.39. The maximum Gasteiger partial charge on any atom is 0.231 e. The Morgan fingerprint density at radius 2 is 1.88 bits per heavy atom. The van der Waals surface area contributed by atoms with Crippen molar-refractivity contribution >= 4 is 11.8 Å². The lowest BCUT2D eigenvalue weighted by atomic mass is 9.95. The van der Waals surface area contributed by atoms with Crippen LogP contribution in [0.15, 0.2) is 18.2 Å². The van der Waals surface area contributed by atoms with Gasteiger partial charge in [0.15, 0.2) is 0 Å². The van der Waals surface area contributed by atoms with Gasteiger partial charge in [0.05, 0.1) is 6.54 Å². The molecule has 0 saturated carbocycles. The van der Waals surface area contributed by atoms with Gasteiger partial charge in [0.1, 0.15) is 0 Å². The van der Waals surface area contributed by atoms with Gasteiger partial charge in [-0.25, -0.2) is 0 Å². The lowest BCUT2D eigenvalue weighted by Crippen LogP contribution is -2.43. The number of nitrogens with zero attached hydrogens (tertiary/aromatic N) is 3. The van der Waals surface area contributed by atoms with Crippen LogP contribution >= 0.6 is 0 Å². The predicted molar refractivity (Wildman–Crippen MR) is 96.4 cm³/mol. The second-order valence-electron chi connectivity index (χ2n) is 7.49. The fraction of sp³-hybridized carbons (Fsp3) is 0.579. The molecule has 0 unspecified atom stereocenters. The molecule has 1 saturated heterocycles. The van der Waals surface area contributed by atoms with Gasteiger partial charge in [-0.15, -0.1) is 0 Å². The number of amides is 2. The van der Waals surface area contributed by atoms with Crippen LogP contribution in [0.2, 0.25) is 0 Å². The molecule has 6 heteroatoms. The molecule has 25 heavy (non-hydrogen) atoms. The van der Waals surface area contributed by atoms with Gasteiger partial charge in [0.2, 0.25) is 11.8 Å². The summed E-state index contributed by atoms with van der Waals surface area (Å²) in [5, 5.41) is 0. The summed E-state index contributed by atoms with van der Waals surface area (Å²) in [4.78, 5) is 29.9. The number of fused-ring (bicyclic) bond motifs is 1. The molecule has 0 aliphatic carbocycles. The largest absolute Gasteiger partial charge is 0.369 e. The number of likely N-dealkylation sites (tertiary alicyclic amines) is 1. The van der Waals surface area contributed by atoms with Crippen LogP contribution in [-0.2, 0) is 29.2 Å². The summed E-state index contributed by atoms with van der Waals surface area (Å²) >= 11 is 0. The monoisotopic (exact) mass is 344 g/mol. The van der Waals surface area contributed by atoms with E-state index in [1.807, 2.05) is 16.8 Å². The Balaban J connectivity index is 1.53. The fourth-order valence-electron chi connectivity index (χ4n) is 3.94. The number of benzene rings is 1. The number of carbonyl (C=O) groups is 2. The fourth-order valence-corrected chi connectivity index (χ4v) is 3.94. The van der Waals surface area contributed by atoms with E-state index < -0.39 is 0 Å². The molecule has 2 aliphatic heterocycles. The Bertz CT molecular complexity index is 653. The molecular weight excluding hydrogens is 316 g/mol. The number of hydrogen-bond donors (Lipinski definition) is 1. The van der Waals surface area contributed by atoms with Crippen molar-refractivity contribution < 1.29 is 9.59 Å². The first-order valence-corrected chi connectivity index (χ1v) is 8.97. The van der Waals surface area contributed by atoms with Crippen molar-refractivity contribution in [2.45, 2.75) is 32.5 Å². The Hall–Kier alpha value is -1.92. The third-order valence-electron chi connectivity index (χ3n) is 5.26. The smallest absolute Gasteiger partial charge is 0.231 e. The van der Waals surface area contributed by atoms with E-state index >= 15 is 0 Å². The second kappa shape index (κ2) is 7.54. The van der Waals surface area contributed by atoms with Crippen LogP contribution in [0.4, 0.5) is 0 Å². The van der Waals surface area contributed by atoms with E-state index in [-0.39, 0.29) is 17.7 Å². The van der Waals surface area contributed by atoms with Crippen molar-refractivity contribution in [3.05, 3.63) is 34.9 Å². The molecule has 2 amide bonds. The third kappa shape index (κ3) is 4.38. The van der Waals surface area contributed by atoms with Crippen molar-refractivity contribution in [3.63, 3.8) is 0 Å². The molecule has 0 atom stereocenters. The van der Waals surface area contributed by atoms with Crippen LogP contribution in [0.1, 0.15) is 29.5 Å². The van der Waals surface area contributed by atoms with Crippen molar-refractivity contribution in [1.29, 1.82) is 0 Å². The molecule has 2 heterocycles. The van der Waals surface area contributed by atoms with Crippen LogP contribution in [0.3, 0.4) is 0 Å². The highest BCUT2D eigenvalue weighted by atomic mass is 16.2. The molecule has 3 rings (SSSR count). The topological polar surface area (TPSA) is 69.9 Å². The van der Waals surface area contributed by atoms with Gasteiger partial charge in [-0.1, -0.05) is 18.2 Å². The molecule has 2 N–H and O–H groups in total. The van der Waals surface area contributed by atoms with E-state index in [9.17, 15) is 9.59 Å². The van der Waals surface area contributed by atoms with Gasteiger partial charge in [0.25, 0.3) is 0 Å². The Morgan fingerprint density at radius 1 is 1.20 bits per heavy atom. The molecule has 0 spiro atoms. The minimum absolute atomic E-state index is 0.0506. The first-order valence-electron chi connectivity index (χ1n) is 8.97. The molecular formula is C19H28N4O2. The Labute approximate surface area is 149 Å². The number of rotatable bonds is 5. The molecule has 0 aromatic heterocycles. The molecule has 2 aliphatic rings. The van der Waals surface area contributed by atoms with Crippen molar-refractivity contribution in [3.8, 4) is 0 Å². The highest BCUT2D eigenvalue weighted by molar-refractivity contribution is 5.79. The SMILES string of the molecule is CN1Cc2ccc(CN(C)C(=O)C3CCN(CC(N)=O)CC3)cc2C1. The average molecular weight is 344 g/mol. The molecule has 1 aromatic carbocycles. The van der Waals surface area contributed by atoms with Crippen LogP contribution in [-0.4, -0.2) is 60.2 Å². The lowest BCUT2D eigenvalue weighted by Gasteiger charge is -2.32.